The second-order valence-corrected chi connectivity index (χ2v) is 7.38. The molecule has 1 amide bonds. The van der Waals surface area contributed by atoms with Crippen LogP contribution in [0.15, 0.2) is 72.6 Å². The van der Waals surface area contributed by atoms with Crippen molar-refractivity contribution in [3.8, 4) is 11.3 Å². The van der Waals surface area contributed by atoms with Crippen LogP contribution < -0.4 is 4.90 Å². The minimum Gasteiger partial charge on any atom is -0.280 e. The number of amides is 1. The Bertz CT molecular complexity index is 1200. The highest BCUT2D eigenvalue weighted by molar-refractivity contribution is 7.14. The highest BCUT2D eigenvalue weighted by Gasteiger charge is 2.22. The first-order valence-corrected chi connectivity index (χ1v) is 9.95. The summed E-state index contributed by atoms with van der Waals surface area (Å²) in [6.45, 7) is 5.85. The van der Waals surface area contributed by atoms with Crippen LogP contribution in [0.1, 0.15) is 16.1 Å². The summed E-state index contributed by atoms with van der Waals surface area (Å²) in [7, 11) is 0. The van der Waals surface area contributed by atoms with Gasteiger partial charge in [0.25, 0.3) is 5.91 Å². The molecule has 2 aromatic heterocycles. The lowest BCUT2D eigenvalue weighted by molar-refractivity contribution is 0.0989. The van der Waals surface area contributed by atoms with Gasteiger partial charge in [0.05, 0.1) is 22.5 Å². The molecule has 0 atom stereocenters. The maximum atomic E-state index is 13.5. The van der Waals surface area contributed by atoms with Crippen LogP contribution in [-0.4, -0.2) is 22.4 Å². The average Bonchev–Trinajstić information content (AvgIpc) is 3.21. The molecule has 0 aliphatic carbocycles. The standard InChI is InChI=1S/C23H18FN3OS/c1-3-11-27(23-26-21(14-29-23)16-7-5-4-6-8-16)22(28)19-12-17-9-10-18(24)13-20(17)25-15(19)2/h3-10,12-14H,1,11H2,2H3. The number of aryl methyl sites for hydroxylation is 1. The maximum absolute atomic E-state index is 13.5. The van der Waals surface area contributed by atoms with Gasteiger partial charge in [0, 0.05) is 28.9 Å². The van der Waals surface area contributed by atoms with Crippen molar-refractivity contribution >= 4 is 33.3 Å². The van der Waals surface area contributed by atoms with Crippen LogP contribution in [0.4, 0.5) is 9.52 Å². The predicted molar refractivity (Wildman–Crippen MR) is 116 cm³/mol. The average molecular weight is 403 g/mol. The second-order valence-electron chi connectivity index (χ2n) is 6.54. The van der Waals surface area contributed by atoms with E-state index in [1.807, 2.05) is 35.7 Å². The van der Waals surface area contributed by atoms with Crippen LogP contribution in [0, 0.1) is 12.7 Å². The van der Waals surface area contributed by atoms with Gasteiger partial charge in [-0.2, -0.15) is 0 Å². The lowest BCUT2D eigenvalue weighted by Crippen LogP contribution is -2.31. The zero-order valence-electron chi connectivity index (χ0n) is 15.8. The molecule has 29 heavy (non-hydrogen) atoms. The fraction of sp³-hybridized carbons (Fsp3) is 0.0870. The van der Waals surface area contributed by atoms with Crippen molar-refractivity contribution in [3.63, 3.8) is 0 Å². The monoisotopic (exact) mass is 403 g/mol. The molecule has 0 saturated carbocycles. The molecule has 0 spiro atoms. The van der Waals surface area contributed by atoms with E-state index < -0.39 is 0 Å². The molecule has 0 unspecified atom stereocenters. The summed E-state index contributed by atoms with van der Waals surface area (Å²) in [4.78, 5) is 24.0. The van der Waals surface area contributed by atoms with Gasteiger partial charge in [-0.25, -0.2) is 9.37 Å². The summed E-state index contributed by atoms with van der Waals surface area (Å²) in [5.41, 5.74) is 3.34. The SMILES string of the molecule is C=CCN(C(=O)c1cc2ccc(F)cc2nc1C)c1nc(-c2ccccc2)cs1. The first kappa shape index (κ1) is 19.0. The summed E-state index contributed by atoms with van der Waals surface area (Å²) in [6.07, 6.45) is 1.67. The molecule has 0 aliphatic rings. The van der Waals surface area contributed by atoms with Gasteiger partial charge in [-0.3, -0.25) is 14.7 Å². The van der Waals surface area contributed by atoms with Crippen molar-refractivity contribution in [2.75, 3.05) is 11.4 Å². The Morgan fingerprint density at radius 2 is 1.97 bits per heavy atom. The van der Waals surface area contributed by atoms with Gasteiger partial charge in [-0.1, -0.05) is 36.4 Å². The molecule has 0 radical (unpaired) electrons. The zero-order chi connectivity index (χ0) is 20.4. The summed E-state index contributed by atoms with van der Waals surface area (Å²) in [6, 6.07) is 15.9. The maximum Gasteiger partial charge on any atom is 0.262 e. The number of halogens is 1. The highest BCUT2D eigenvalue weighted by Crippen LogP contribution is 2.29. The van der Waals surface area contributed by atoms with E-state index in [2.05, 4.69) is 16.5 Å². The van der Waals surface area contributed by atoms with Gasteiger partial charge >= 0.3 is 0 Å². The van der Waals surface area contributed by atoms with Crippen molar-refractivity contribution < 1.29 is 9.18 Å². The highest BCUT2D eigenvalue weighted by atomic mass is 32.1. The van der Waals surface area contributed by atoms with Gasteiger partial charge < -0.3 is 0 Å². The Morgan fingerprint density at radius 3 is 2.72 bits per heavy atom. The summed E-state index contributed by atoms with van der Waals surface area (Å²) < 4.78 is 13.5. The normalized spacial score (nSPS) is 10.8. The number of thiazole rings is 1. The first-order chi connectivity index (χ1) is 14.1. The molecule has 4 rings (SSSR count). The second kappa shape index (κ2) is 7.93. The van der Waals surface area contributed by atoms with Crippen molar-refractivity contribution in [2.45, 2.75) is 6.92 Å². The number of fused-ring (bicyclic) bond motifs is 1. The van der Waals surface area contributed by atoms with Crippen LogP contribution in [-0.2, 0) is 0 Å². The van der Waals surface area contributed by atoms with Gasteiger partial charge in [-0.15, -0.1) is 17.9 Å². The number of nitrogens with zero attached hydrogens (tertiary/aromatic N) is 3. The van der Waals surface area contributed by atoms with E-state index in [4.69, 9.17) is 0 Å². The number of hydrogen-bond acceptors (Lipinski definition) is 4. The third-order valence-electron chi connectivity index (χ3n) is 4.55. The summed E-state index contributed by atoms with van der Waals surface area (Å²) in [5, 5.41) is 3.23. The van der Waals surface area contributed by atoms with E-state index in [0.717, 1.165) is 11.3 Å². The van der Waals surface area contributed by atoms with Gasteiger partial charge in [0.15, 0.2) is 5.13 Å². The van der Waals surface area contributed by atoms with E-state index >= 15 is 0 Å². The molecule has 0 saturated heterocycles. The van der Waals surface area contributed by atoms with Gasteiger partial charge in [0.1, 0.15) is 5.82 Å². The van der Waals surface area contributed by atoms with Crippen LogP contribution in [0.3, 0.4) is 0 Å². The lowest BCUT2D eigenvalue weighted by atomic mass is 10.1. The molecule has 0 fully saturated rings. The topological polar surface area (TPSA) is 46.1 Å². The van der Waals surface area contributed by atoms with Gasteiger partial charge in [0.2, 0.25) is 0 Å². The fourth-order valence-electron chi connectivity index (χ4n) is 3.11. The van der Waals surface area contributed by atoms with E-state index in [-0.39, 0.29) is 11.7 Å². The third-order valence-corrected chi connectivity index (χ3v) is 5.41. The van der Waals surface area contributed by atoms with Crippen molar-refractivity contribution in [3.05, 3.63) is 89.7 Å². The van der Waals surface area contributed by atoms with E-state index in [1.165, 1.54) is 23.5 Å². The zero-order valence-corrected chi connectivity index (χ0v) is 16.6. The van der Waals surface area contributed by atoms with Crippen LogP contribution in [0.25, 0.3) is 22.2 Å². The van der Waals surface area contributed by atoms with Crippen LogP contribution in [0.2, 0.25) is 0 Å². The molecule has 2 heterocycles. The Labute approximate surface area is 172 Å². The number of pyridine rings is 1. The largest absolute Gasteiger partial charge is 0.280 e. The molecule has 2 aromatic carbocycles. The van der Waals surface area contributed by atoms with E-state index in [0.29, 0.717) is 33.8 Å². The number of benzene rings is 2. The van der Waals surface area contributed by atoms with Crippen molar-refractivity contribution in [1.29, 1.82) is 0 Å². The molecule has 0 N–H and O–H groups in total. The molecule has 0 aliphatic heterocycles. The number of carbonyl (C=O) groups excluding carboxylic acids is 1. The first-order valence-electron chi connectivity index (χ1n) is 9.07. The number of aromatic nitrogens is 2. The molecular formula is C23H18FN3OS. The molecule has 4 nitrogen and oxygen atoms in total. The number of rotatable bonds is 5. The minimum atomic E-state index is -0.354. The van der Waals surface area contributed by atoms with E-state index in [1.54, 1.807) is 30.0 Å². The molecule has 144 valence electrons. The fourth-order valence-corrected chi connectivity index (χ4v) is 3.95. The summed E-state index contributed by atoms with van der Waals surface area (Å²) in [5.74, 6) is -0.567. The van der Waals surface area contributed by atoms with Crippen molar-refractivity contribution in [2.24, 2.45) is 0 Å². The molecule has 6 heteroatoms. The Balaban J connectivity index is 1.72. The Kier molecular flexibility index (Phi) is 5.18. The molecular weight excluding hydrogens is 385 g/mol. The van der Waals surface area contributed by atoms with Crippen LogP contribution in [0.5, 0.6) is 0 Å². The number of anilines is 1. The molecule has 4 aromatic rings. The lowest BCUT2D eigenvalue weighted by Gasteiger charge is -2.19. The van der Waals surface area contributed by atoms with Gasteiger partial charge in [-0.05, 0) is 25.1 Å². The summed E-state index contributed by atoms with van der Waals surface area (Å²) >= 11 is 1.40. The van der Waals surface area contributed by atoms with Crippen molar-refractivity contribution in [1.82, 2.24) is 9.97 Å². The van der Waals surface area contributed by atoms with E-state index in [9.17, 15) is 9.18 Å². The Hall–Kier alpha value is -3.38. The smallest absolute Gasteiger partial charge is 0.262 e. The Morgan fingerprint density at radius 1 is 1.17 bits per heavy atom. The molecule has 0 bridgehead atoms. The van der Waals surface area contributed by atoms with Crippen LogP contribution >= 0.6 is 11.3 Å². The minimum absolute atomic E-state index is 0.213. The quantitative estimate of drug-likeness (QED) is 0.405. The number of carbonyl (C=O) groups is 1. The third kappa shape index (κ3) is 3.79. The number of hydrogen-bond donors (Lipinski definition) is 0. The predicted octanol–water partition coefficient (Wildman–Crippen LogP) is 5.64.